The molecule has 0 aromatic heterocycles. The van der Waals surface area contributed by atoms with Gasteiger partial charge in [0, 0.05) is 18.3 Å². The number of rotatable bonds is 2. The molecule has 6 nitrogen and oxygen atoms in total. The fourth-order valence-electron chi connectivity index (χ4n) is 2.61. The van der Waals surface area contributed by atoms with Crippen LogP contribution in [0.4, 0.5) is 29.3 Å². The predicted molar refractivity (Wildman–Crippen MR) is 93.1 cm³/mol. The Morgan fingerprint density at radius 1 is 1.15 bits per heavy atom. The fourth-order valence-corrected chi connectivity index (χ4v) is 2.61. The minimum Gasteiger partial charge on any atom is -0.490 e. The van der Waals surface area contributed by atoms with E-state index in [2.05, 4.69) is 10.6 Å². The van der Waals surface area contributed by atoms with Crippen LogP contribution in [0.25, 0.3) is 0 Å². The molecule has 0 saturated carbocycles. The lowest BCUT2D eigenvalue weighted by molar-refractivity contribution is -0.137. The lowest BCUT2D eigenvalue weighted by Gasteiger charge is -2.27. The smallest absolute Gasteiger partial charge is 0.416 e. The Bertz CT molecular complexity index is 884. The number of fused-ring (bicyclic) bond motifs is 1. The third-order valence-corrected chi connectivity index (χ3v) is 3.99. The number of imide groups is 1. The van der Waals surface area contributed by atoms with Gasteiger partial charge in [-0.15, -0.1) is 0 Å². The molecule has 1 aliphatic rings. The van der Waals surface area contributed by atoms with Gasteiger partial charge in [-0.1, -0.05) is 6.07 Å². The molecular weight excluding hydrogens is 363 g/mol. The molecule has 2 aromatic carbocycles. The summed E-state index contributed by atoms with van der Waals surface area (Å²) in [6, 6.07) is 7.95. The topological polar surface area (TPSA) is 70.7 Å². The van der Waals surface area contributed by atoms with Crippen molar-refractivity contribution in [2.24, 2.45) is 0 Å². The van der Waals surface area contributed by atoms with Gasteiger partial charge in [-0.25, -0.2) is 4.79 Å². The largest absolute Gasteiger partial charge is 0.490 e. The molecule has 3 rings (SSSR count). The van der Waals surface area contributed by atoms with E-state index >= 15 is 0 Å². The Labute approximate surface area is 152 Å². The molecule has 1 aliphatic heterocycles. The van der Waals surface area contributed by atoms with E-state index in [1.165, 1.54) is 18.2 Å². The average Bonchev–Trinajstić information content (AvgIpc) is 2.61. The Hall–Kier alpha value is -3.23. The first-order chi connectivity index (χ1) is 12.7. The highest BCUT2D eigenvalue weighted by atomic mass is 19.4. The monoisotopic (exact) mass is 379 g/mol. The summed E-state index contributed by atoms with van der Waals surface area (Å²) in [5, 5.41) is 4.30. The number of benzene rings is 2. The molecule has 0 spiro atoms. The van der Waals surface area contributed by atoms with Crippen molar-refractivity contribution in [1.29, 1.82) is 0 Å². The van der Waals surface area contributed by atoms with E-state index in [4.69, 9.17) is 4.74 Å². The third-order valence-electron chi connectivity index (χ3n) is 3.99. The molecule has 9 heteroatoms. The molecule has 2 N–H and O–H groups in total. The summed E-state index contributed by atoms with van der Waals surface area (Å²) in [6.07, 6.45) is -4.53. The van der Waals surface area contributed by atoms with Gasteiger partial charge in [-0.05, 0) is 36.4 Å². The highest BCUT2D eigenvalue weighted by Gasteiger charge is 2.30. The zero-order valence-corrected chi connectivity index (χ0v) is 14.3. The number of amides is 3. The van der Waals surface area contributed by atoms with Crippen molar-refractivity contribution in [1.82, 2.24) is 5.32 Å². The normalized spacial score (nSPS) is 13.4. The minimum absolute atomic E-state index is 0.0782. The summed E-state index contributed by atoms with van der Waals surface area (Å²) in [4.78, 5) is 26.1. The molecule has 0 fully saturated rings. The van der Waals surface area contributed by atoms with Crippen LogP contribution in [-0.2, 0) is 6.18 Å². The number of anilines is 2. The number of urea groups is 1. The number of alkyl halides is 3. The number of halogens is 3. The molecule has 3 amide bonds. The summed E-state index contributed by atoms with van der Waals surface area (Å²) < 4.78 is 43.6. The van der Waals surface area contributed by atoms with Crippen molar-refractivity contribution in [2.75, 3.05) is 30.4 Å². The summed E-state index contributed by atoms with van der Waals surface area (Å²) in [7, 11) is 1.89. The van der Waals surface area contributed by atoms with Crippen LogP contribution >= 0.6 is 0 Å². The van der Waals surface area contributed by atoms with Crippen LogP contribution in [0.3, 0.4) is 0 Å². The number of likely N-dealkylation sites (N-methyl/N-ethyl adjacent to an activating group) is 1. The maximum atomic E-state index is 12.7. The molecule has 0 aliphatic carbocycles. The van der Waals surface area contributed by atoms with Crippen LogP contribution in [0.2, 0.25) is 0 Å². The number of ether oxygens (including phenoxy) is 1. The summed E-state index contributed by atoms with van der Waals surface area (Å²) >= 11 is 0. The van der Waals surface area contributed by atoms with E-state index in [1.807, 2.05) is 11.9 Å². The number of nitrogens with one attached hydrogen (secondary N) is 2. The number of hydrogen-bond acceptors (Lipinski definition) is 4. The molecule has 27 heavy (non-hydrogen) atoms. The third kappa shape index (κ3) is 4.30. The van der Waals surface area contributed by atoms with Gasteiger partial charge in [-0.3, -0.25) is 10.1 Å². The molecule has 0 saturated heterocycles. The van der Waals surface area contributed by atoms with Crippen LogP contribution in [0.1, 0.15) is 15.9 Å². The Balaban J connectivity index is 1.67. The second-order valence-electron chi connectivity index (χ2n) is 5.94. The van der Waals surface area contributed by atoms with Crippen molar-refractivity contribution in [3.05, 3.63) is 53.6 Å². The van der Waals surface area contributed by atoms with E-state index in [0.717, 1.165) is 30.4 Å². The number of carbonyl (C=O) groups is 2. The minimum atomic E-state index is -4.53. The lowest BCUT2D eigenvalue weighted by Crippen LogP contribution is -2.34. The zero-order valence-electron chi connectivity index (χ0n) is 14.3. The van der Waals surface area contributed by atoms with Gasteiger partial charge in [0.25, 0.3) is 5.91 Å². The van der Waals surface area contributed by atoms with Gasteiger partial charge >= 0.3 is 12.2 Å². The standard InChI is InChI=1S/C18H16F3N3O3/c1-24-7-8-27-15-9-11(5-6-14(15)24)16(25)23-17(26)22-13-4-2-3-12(10-13)18(19,20)21/h2-6,9-10H,7-8H2,1H3,(H2,22,23,25,26). The lowest BCUT2D eigenvalue weighted by atomic mass is 10.1. The average molecular weight is 379 g/mol. The van der Waals surface area contributed by atoms with Gasteiger partial charge in [0.1, 0.15) is 12.4 Å². The SMILES string of the molecule is CN1CCOc2cc(C(=O)NC(=O)Nc3cccc(C(F)(F)F)c3)ccc21. The van der Waals surface area contributed by atoms with E-state index < -0.39 is 23.7 Å². The molecule has 142 valence electrons. The molecule has 0 radical (unpaired) electrons. The predicted octanol–water partition coefficient (Wildman–Crippen LogP) is 3.50. The van der Waals surface area contributed by atoms with Crippen LogP contribution in [0.5, 0.6) is 5.75 Å². The van der Waals surface area contributed by atoms with E-state index in [-0.39, 0.29) is 11.3 Å². The maximum Gasteiger partial charge on any atom is 0.416 e. The van der Waals surface area contributed by atoms with E-state index in [0.29, 0.717) is 12.4 Å². The van der Waals surface area contributed by atoms with Gasteiger partial charge in [0.15, 0.2) is 0 Å². The highest BCUT2D eigenvalue weighted by Crippen LogP contribution is 2.32. The zero-order chi connectivity index (χ0) is 19.6. The van der Waals surface area contributed by atoms with Gasteiger partial charge in [-0.2, -0.15) is 13.2 Å². The number of nitrogens with zero attached hydrogens (tertiary/aromatic N) is 1. The first-order valence-electron chi connectivity index (χ1n) is 8.01. The molecule has 2 aromatic rings. The first kappa shape index (κ1) is 18.6. The molecule has 0 bridgehead atoms. The van der Waals surface area contributed by atoms with E-state index in [1.54, 1.807) is 6.07 Å². The van der Waals surface area contributed by atoms with Gasteiger partial charge < -0.3 is 15.0 Å². The maximum absolute atomic E-state index is 12.7. The molecule has 0 atom stereocenters. The summed E-state index contributed by atoms with van der Waals surface area (Å²) in [5.74, 6) is -0.172. The van der Waals surface area contributed by atoms with Crippen molar-refractivity contribution in [2.45, 2.75) is 6.18 Å². The van der Waals surface area contributed by atoms with Crippen LogP contribution in [0, 0.1) is 0 Å². The van der Waals surface area contributed by atoms with Crippen molar-refractivity contribution in [3.8, 4) is 5.75 Å². The van der Waals surface area contributed by atoms with Crippen molar-refractivity contribution < 1.29 is 27.5 Å². The van der Waals surface area contributed by atoms with E-state index in [9.17, 15) is 22.8 Å². The Morgan fingerprint density at radius 2 is 1.93 bits per heavy atom. The van der Waals surface area contributed by atoms with Crippen LogP contribution in [-0.4, -0.2) is 32.1 Å². The second kappa shape index (κ2) is 7.18. The van der Waals surface area contributed by atoms with Crippen LogP contribution in [0.15, 0.2) is 42.5 Å². The quantitative estimate of drug-likeness (QED) is 0.838. The van der Waals surface area contributed by atoms with Gasteiger partial charge in [0.2, 0.25) is 0 Å². The van der Waals surface area contributed by atoms with Crippen molar-refractivity contribution in [3.63, 3.8) is 0 Å². The van der Waals surface area contributed by atoms with Crippen molar-refractivity contribution >= 4 is 23.3 Å². The summed E-state index contributed by atoms with van der Waals surface area (Å²) in [6.45, 7) is 1.20. The van der Waals surface area contributed by atoms with Gasteiger partial charge in [0.05, 0.1) is 17.8 Å². The summed E-state index contributed by atoms with van der Waals surface area (Å²) in [5.41, 5.74) is 0.0440. The Morgan fingerprint density at radius 3 is 2.67 bits per heavy atom. The highest BCUT2D eigenvalue weighted by molar-refractivity contribution is 6.08. The Kier molecular flexibility index (Phi) is 4.93. The molecule has 0 unspecified atom stereocenters. The number of carbonyl (C=O) groups excluding carboxylic acids is 2. The van der Waals surface area contributed by atoms with Crippen LogP contribution < -0.4 is 20.3 Å². The first-order valence-corrected chi connectivity index (χ1v) is 8.01. The molecule has 1 heterocycles. The number of hydrogen-bond donors (Lipinski definition) is 2. The second-order valence-corrected chi connectivity index (χ2v) is 5.94. The fraction of sp³-hybridized carbons (Fsp3) is 0.222. The molecular formula is C18H16F3N3O3.